The Kier molecular flexibility index (Phi) is 3.45. The second kappa shape index (κ2) is 5.04. The van der Waals surface area contributed by atoms with E-state index in [1.807, 2.05) is 0 Å². The first-order valence-electron chi connectivity index (χ1n) is 6.30. The van der Waals surface area contributed by atoms with Gasteiger partial charge < -0.3 is 14.5 Å². The molecule has 2 fully saturated rings. The number of fused-ring (bicyclic) bond motifs is 2. The lowest BCUT2D eigenvalue weighted by Gasteiger charge is -2.19. The first-order valence-corrected chi connectivity index (χ1v) is 7.70. The first-order chi connectivity index (χ1) is 8.35. The largest absolute Gasteiger partial charge is 0.464 e. The van der Waals surface area contributed by atoms with E-state index in [1.54, 1.807) is 11.8 Å². The lowest BCUT2D eigenvalue weighted by atomic mass is 9.95. The predicted molar refractivity (Wildman–Crippen MR) is 69.1 cm³/mol. The maximum absolute atomic E-state index is 5.82. The highest BCUT2D eigenvalue weighted by molar-refractivity contribution is 7.97. The molecule has 0 aromatic carbocycles. The summed E-state index contributed by atoms with van der Waals surface area (Å²) >= 11 is 1.79. The molecule has 2 aliphatic heterocycles. The van der Waals surface area contributed by atoms with Gasteiger partial charge in [-0.05, 0) is 37.7 Å². The van der Waals surface area contributed by atoms with Crippen LogP contribution in [0.3, 0.4) is 0 Å². The van der Waals surface area contributed by atoms with Crippen LogP contribution in [-0.4, -0.2) is 24.5 Å². The van der Waals surface area contributed by atoms with Crippen LogP contribution in [-0.2, 0) is 17.0 Å². The molecule has 0 amide bonds. The van der Waals surface area contributed by atoms with Gasteiger partial charge in [-0.15, -0.1) is 0 Å². The SMILES string of the molecule is CSCc1ccc(CNC2CC3CCC2O3)o1. The van der Waals surface area contributed by atoms with Crippen LogP contribution >= 0.6 is 11.8 Å². The summed E-state index contributed by atoms with van der Waals surface area (Å²) in [5, 5.41) is 3.56. The minimum atomic E-state index is 0.445. The molecule has 3 rings (SSSR count). The zero-order valence-corrected chi connectivity index (χ0v) is 11.0. The van der Waals surface area contributed by atoms with E-state index < -0.39 is 0 Å². The van der Waals surface area contributed by atoms with E-state index in [1.165, 1.54) is 19.3 Å². The van der Waals surface area contributed by atoms with Crippen LogP contribution in [0.5, 0.6) is 0 Å². The molecule has 0 saturated carbocycles. The third-order valence-electron chi connectivity index (χ3n) is 3.65. The molecule has 3 atom stereocenters. The molecule has 3 nitrogen and oxygen atoms in total. The molecule has 0 spiro atoms. The summed E-state index contributed by atoms with van der Waals surface area (Å²) in [4.78, 5) is 0. The van der Waals surface area contributed by atoms with Gasteiger partial charge in [-0.25, -0.2) is 0 Å². The Morgan fingerprint density at radius 1 is 1.35 bits per heavy atom. The molecule has 94 valence electrons. The summed E-state index contributed by atoms with van der Waals surface area (Å²) < 4.78 is 11.6. The van der Waals surface area contributed by atoms with Gasteiger partial charge in [-0.2, -0.15) is 11.8 Å². The third kappa shape index (κ3) is 2.54. The number of furan rings is 1. The van der Waals surface area contributed by atoms with E-state index in [0.717, 1.165) is 23.8 Å². The van der Waals surface area contributed by atoms with Gasteiger partial charge in [-0.1, -0.05) is 0 Å². The van der Waals surface area contributed by atoms with Crippen molar-refractivity contribution < 1.29 is 9.15 Å². The Hall–Kier alpha value is -0.450. The van der Waals surface area contributed by atoms with Crippen LogP contribution in [0.25, 0.3) is 0 Å². The van der Waals surface area contributed by atoms with Crippen LogP contribution in [0, 0.1) is 0 Å². The normalized spacial score (nSPS) is 31.2. The molecule has 2 aliphatic rings. The summed E-state index contributed by atoms with van der Waals surface area (Å²) in [6.45, 7) is 0.825. The smallest absolute Gasteiger partial charge is 0.118 e. The fourth-order valence-corrected chi connectivity index (χ4v) is 3.26. The topological polar surface area (TPSA) is 34.4 Å². The number of rotatable bonds is 5. The summed E-state index contributed by atoms with van der Waals surface area (Å²) in [6, 6.07) is 4.68. The number of ether oxygens (including phenoxy) is 1. The van der Waals surface area contributed by atoms with Crippen molar-refractivity contribution in [3.05, 3.63) is 23.7 Å². The number of hydrogen-bond donors (Lipinski definition) is 1. The summed E-state index contributed by atoms with van der Waals surface area (Å²) in [7, 11) is 0. The third-order valence-corrected chi connectivity index (χ3v) is 4.22. The van der Waals surface area contributed by atoms with Crippen molar-refractivity contribution in [1.82, 2.24) is 5.32 Å². The zero-order valence-electron chi connectivity index (χ0n) is 10.1. The highest BCUT2D eigenvalue weighted by Gasteiger charge is 2.40. The van der Waals surface area contributed by atoms with Crippen molar-refractivity contribution in [2.24, 2.45) is 0 Å². The Morgan fingerprint density at radius 3 is 2.94 bits per heavy atom. The van der Waals surface area contributed by atoms with Crippen molar-refractivity contribution in [3.63, 3.8) is 0 Å². The van der Waals surface area contributed by atoms with Crippen LogP contribution in [0.4, 0.5) is 0 Å². The molecule has 3 heterocycles. The van der Waals surface area contributed by atoms with Gasteiger partial charge in [0.2, 0.25) is 0 Å². The quantitative estimate of drug-likeness (QED) is 0.874. The average molecular weight is 253 g/mol. The Labute approximate surface area is 106 Å². The molecule has 3 unspecified atom stereocenters. The van der Waals surface area contributed by atoms with Gasteiger partial charge >= 0.3 is 0 Å². The fraction of sp³-hybridized carbons (Fsp3) is 0.692. The van der Waals surface area contributed by atoms with Gasteiger partial charge in [0.05, 0.1) is 24.5 Å². The number of hydrogen-bond acceptors (Lipinski definition) is 4. The van der Waals surface area contributed by atoms with Crippen molar-refractivity contribution in [2.75, 3.05) is 6.26 Å². The van der Waals surface area contributed by atoms with Crippen molar-refractivity contribution in [1.29, 1.82) is 0 Å². The van der Waals surface area contributed by atoms with E-state index in [2.05, 4.69) is 23.7 Å². The van der Waals surface area contributed by atoms with E-state index in [0.29, 0.717) is 18.2 Å². The van der Waals surface area contributed by atoms with E-state index >= 15 is 0 Å². The van der Waals surface area contributed by atoms with Crippen LogP contribution in [0.1, 0.15) is 30.8 Å². The fourth-order valence-electron chi connectivity index (χ4n) is 2.82. The van der Waals surface area contributed by atoms with Crippen LogP contribution < -0.4 is 5.32 Å². The second-order valence-corrected chi connectivity index (χ2v) is 5.76. The van der Waals surface area contributed by atoms with Gasteiger partial charge in [0.1, 0.15) is 11.5 Å². The van der Waals surface area contributed by atoms with Crippen LogP contribution in [0.2, 0.25) is 0 Å². The van der Waals surface area contributed by atoms with Crippen molar-refractivity contribution in [3.8, 4) is 0 Å². The number of thioether (sulfide) groups is 1. The Balaban J connectivity index is 1.50. The van der Waals surface area contributed by atoms with Gasteiger partial charge in [-0.3, -0.25) is 0 Å². The molecule has 0 radical (unpaired) electrons. The van der Waals surface area contributed by atoms with Gasteiger partial charge in [0.25, 0.3) is 0 Å². The molecule has 2 bridgehead atoms. The molecular formula is C13H19NO2S. The van der Waals surface area contributed by atoms with Crippen molar-refractivity contribution >= 4 is 11.8 Å². The molecular weight excluding hydrogens is 234 g/mol. The molecule has 1 N–H and O–H groups in total. The first kappa shape index (κ1) is 11.6. The number of nitrogens with one attached hydrogen (secondary N) is 1. The van der Waals surface area contributed by atoms with E-state index in [4.69, 9.17) is 9.15 Å². The minimum absolute atomic E-state index is 0.445. The molecule has 1 aromatic heterocycles. The van der Waals surface area contributed by atoms with Crippen molar-refractivity contribution in [2.45, 2.75) is 49.8 Å². The maximum atomic E-state index is 5.82. The lowest BCUT2D eigenvalue weighted by Crippen LogP contribution is -2.36. The monoisotopic (exact) mass is 253 g/mol. The predicted octanol–water partition coefficient (Wildman–Crippen LogP) is 2.55. The van der Waals surface area contributed by atoms with Crippen LogP contribution in [0.15, 0.2) is 16.5 Å². The summed E-state index contributed by atoms with van der Waals surface area (Å²) in [5.74, 6) is 3.06. The summed E-state index contributed by atoms with van der Waals surface area (Å²) in [6.07, 6.45) is 6.69. The van der Waals surface area contributed by atoms with E-state index in [9.17, 15) is 0 Å². The zero-order chi connectivity index (χ0) is 11.7. The van der Waals surface area contributed by atoms with E-state index in [-0.39, 0.29) is 0 Å². The standard InChI is InChI=1S/C13H19NO2S/c1-17-8-11-3-2-10(15-11)7-14-12-6-9-4-5-13(12)16-9/h2-3,9,12-14H,4-8H2,1H3. The highest BCUT2D eigenvalue weighted by Crippen LogP contribution is 2.34. The molecule has 4 heteroatoms. The molecule has 17 heavy (non-hydrogen) atoms. The lowest BCUT2D eigenvalue weighted by molar-refractivity contribution is 0.0970. The summed E-state index contributed by atoms with van der Waals surface area (Å²) in [5.41, 5.74) is 0. The second-order valence-electron chi connectivity index (χ2n) is 4.90. The average Bonchev–Trinajstić information content (AvgIpc) is 3.02. The molecule has 1 aromatic rings. The Bertz CT molecular complexity index is 379. The molecule has 2 saturated heterocycles. The Morgan fingerprint density at radius 2 is 2.24 bits per heavy atom. The maximum Gasteiger partial charge on any atom is 0.118 e. The molecule has 0 aliphatic carbocycles. The highest BCUT2D eigenvalue weighted by atomic mass is 32.2. The van der Waals surface area contributed by atoms with Gasteiger partial charge in [0.15, 0.2) is 0 Å². The van der Waals surface area contributed by atoms with Gasteiger partial charge in [0, 0.05) is 6.04 Å². The minimum Gasteiger partial charge on any atom is -0.464 e.